The van der Waals surface area contributed by atoms with E-state index >= 15 is 0 Å². The van der Waals surface area contributed by atoms with Crippen molar-refractivity contribution in [1.82, 2.24) is 19.6 Å². The molecule has 3 aromatic heterocycles. The molecule has 3 aromatic rings. The fourth-order valence-corrected chi connectivity index (χ4v) is 2.50. The predicted octanol–water partition coefficient (Wildman–Crippen LogP) is 1.54. The van der Waals surface area contributed by atoms with Crippen LogP contribution in [0.4, 0.5) is 5.82 Å². The number of thiazole rings is 1. The van der Waals surface area contributed by atoms with Crippen LogP contribution in [0.5, 0.6) is 0 Å². The van der Waals surface area contributed by atoms with Crippen LogP contribution in [0.25, 0.3) is 5.65 Å². The number of fused-ring (bicyclic) bond motifs is 1. The first-order valence-electron chi connectivity index (χ1n) is 5.94. The van der Waals surface area contributed by atoms with Crippen molar-refractivity contribution < 1.29 is 9.90 Å². The Hall–Kier alpha value is -2.48. The summed E-state index contributed by atoms with van der Waals surface area (Å²) < 4.78 is 1.69. The number of carboxylic acids is 1. The average Bonchev–Trinajstić information content (AvgIpc) is 3.06. The Bertz CT molecular complexity index is 751. The number of aromatic carboxylic acids is 1. The number of rotatable bonds is 5. The molecule has 8 heteroatoms. The zero-order valence-electron chi connectivity index (χ0n) is 10.4. The second-order valence-electron chi connectivity index (χ2n) is 4.06. The van der Waals surface area contributed by atoms with Crippen molar-refractivity contribution in [2.75, 3.05) is 11.9 Å². The number of carbonyl (C=O) groups is 1. The Morgan fingerprint density at radius 2 is 2.30 bits per heavy atom. The molecule has 0 bridgehead atoms. The van der Waals surface area contributed by atoms with Crippen molar-refractivity contribution in [1.29, 1.82) is 0 Å². The monoisotopic (exact) mass is 289 g/mol. The lowest BCUT2D eigenvalue weighted by Crippen LogP contribution is -2.07. The summed E-state index contributed by atoms with van der Waals surface area (Å²) in [4.78, 5) is 19.1. The lowest BCUT2D eigenvalue weighted by Gasteiger charge is -2.04. The zero-order chi connectivity index (χ0) is 13.9. The van der Waals surface area contributed by atoms with Crippen LogP contribution < -0.4 is 5.32 Å². The van der Waals surface area contributed by atoms with Gasteiger partial charge in [0.25, 0.3) is 0 Å². The highest BCUT2D eigenvalue weighted by Gasteiger charge is 2.08. The molecule has 20 heavy (non-hydrogen) atoms. The van der Waals surface area contributed by atoms with Crippen molar-refractivity contribution in [3.05, 3.63) is 40.6 Å². The van der Waals surface area contributed by atoms with Crippen molar-refractivity contribution in [3.8, 4) is 0 Å². The second kappa shape index (κ2) is 5.25. The van der Waals surface area contributed by atoms with Gasteiger partial charge in [-0.3, -0.25) is 0 Å². The molecule has 0 saturated heterocycles. The van der Waals surface area contributed by atoms with Gasteiger partial charge < -0.3 is 10.4 Å². The molecule has 0 aliphatic rings. The lowest BCUT2D eigenvalue weighted by atomic mass is 10.4. The van der Waals surface area contributed by atoms with Crippen LogP contribution in [0.15, 0.2) is 29.9 Å². The van der Waals surface area contributed by atoms with Crippen LogP contribution in [0.3, 0.4) is 0 Å². The smallest absolute Gasteiger partial charge is 0.355 e. The molecular formula is C12H11N5O2S. The van der Waals surface area contributed by atoms with Gasteiger partial charge in [0.05, 0.1) is 11.2 Å². The van der Waals surface area contributed by atoms with E-state index in [1.807, 2.05) is 18.3 Å². The van der Waals surface area contributed by atoms with Gasteiger partial charge in [0.2, 0.25) is 0 Å². The molecule has 7 nitrogen and oxygen atoms in total. The molecule has 0 spiro atoms. The van der Waals surface area contributed by atoms with E-state index in [9.17, 15) is 4.79 Å². The standard InChI is InChI=1S/C12H11N5O2S/c18-12(19)8-7-20-11(15-8)2-4-13-9-3-6-17-10(16-9)1-5-14-17/h1,3,5-7H,2,4H2,(H,13,16)(H,18,19). The number of carboxylic acid groups (broad SMARTS) is 1. The summed E-state index contributed by atoms with van der Waals surface area (Å²) >= 11 is 1.35. The molecule has 102 valence electrons. The van der Waals surface area contributed by atoms with Gasteiger partial charge in [-0.15, -0.1) is 11.3 Å². The van der Waals surface area contributed by atoms with Crippen LogP contribution in [0.1, 0.15) is 15.5 Å². The highest BCUT2D eigenvalue weighted by Crippen LogP contribution is 2.11. The summed E-state index contributed by atoms with van der Waals surface area (Å²) in [7, 11) is 0. The minimum Gasteiger partial charge on any atom is -0.476 e. The molecular weight excluding hydrogens is 278 g/mol. The summed E-state index contributed by atoms with van der Waals surface area (Å²) in [6.45, 7) is 0.643. The second-order valence-corrected chi connectivity index (χ2v) is 5.00. The minimum atomic E-state index is -0.992. The van der Waals surface area contributed by atoms with Crippen LogP contribution in [0.2, 0.25) is 0 Å². The molecule has 0 aliphatic carbocycles. The third-order valence-corrected chi connectivity index (χ3v) is 3.58. The zero-order valence-corrected chi connectivity index (χ0v) is 11.2. The topological polar surface area (TPSA) is 92.4 Å². The third kappa shape index (κ3) is 2.59. The summed E-state index contributed by atoms with van der Waals surface area (Å²) in [5.74, 6) is -0.235. The Balaban J connectivity index is 1.59. The van der Waals surface area contributed by atoms with Crippen molar-refractivity contribution in [3.63, 3.8) is 0 Å². The third-order valence-electron chi connectivity index (χ3n) is 2.67. The maximum absolute atomic E-state index is 10.7. The lowest BCUT2D eigenvalue weighted by molar-refractivity contribution is 0.0691. The van der Waals surface area contributed by atoms with E-state index in [4.69, 9.17) is 5.11 Å². The number of anilines is 1. The summed E-state index contributed by atoms with van der Waals surface area (Å²) in [6.07, 6.45) is 4.18. The van der Waals surface area contributed by atoms with E-state index in [1.54, 1.807) is 16.1 Å². The van der Waals surface area contributed by atoms with Crippen LogP contribution in [-0.4, -0.2) is 37.2 Å². The van der Waals surface area contributed by atoms with Gasteiger partial charge in [0, 0.05) is 30.6 Å². The first-order valence-corrected chi connectivity index (χ1v) is 6.82. The average molecular weight is 289 g/mol. The largest absolute Gasteiger partial charge is 0.476 e. The molecule has 0 fully saturated rings. The molecule has 0 unspecified atom stereocenters. The molecule has 0 aromatic carbocycles. The SMILES string of the molecule is O=C(O)c1csc(CCNc2ccn3nccc3n2)n1. The van der Waals surface area contributed by atoms with E-state index < -0.39 is 5.97 Å². The Morgan fingerprint density at radius 3 is 3.10 bits per heavy atom. The van der Waals surface area contributed by atoms with E-state index in [1.165, 1.54) is 11.3 Å². The first-order chi connectivity index (χ1) is 9.72. The minimum absolute atomic E-state index is 0.101. The van der Waals surface area contributed by atoms with E-state index in [2.05, 4.69) is 20.4 Å². The highest BCUT2D eigenvalue weighted by atomic mass is 32.1. The maximum atomic E-state index is 10.7. The molecule has 0 saturated carbocycles. The van der Waals surface area contributed by atoms with Crippen LogP contribution >= 0.6 is 11.3 Å². The summed E-state index contributed by atoms with van der Waals surface area (Å²) in [5, 5.41) is 18.4. The highest BCUT2D eigenvalue weighted by molar-refractivity contribution is 7.09. The Labute approximate surface area is 117 Å². The molecule has 3 rings (SSSR count). The van der Waals surface area contributed by atoms with Gasteiger partial charge in [-0.05, 0) is 6.07 Å². The normalized spacial score (nSPS) is 10.8. The predicted molar refractivity (Wildman–Crippen MR) is 74.3 cm³/mol. The van der Waals surface area contributed by atoms with Gasteiger partial charge >= 0.3 is 5.97 Å². The van der Waals surface area contributed by atoms with Gasteiger partial charge in [0.1, 0.15) is 5.82 Å². The summed E-state index contributed by atoms with van der Waals surface area (Å²) in [5.41, 5.74) is 0.876. The number of hydrogen-bond acceptors (Lipinski definition) is 6. The fraction of sp³-hybridized carbons (Fsp3) is 0.167. The van der Waals surface area contributed by atoms with Gasteiger partial charge in [0.15, 0.2) is 11.3 Å². The molecule has 0 aliphatic heterocycles. The van der Waals surface area contributed by atoms with Gasteiger partial charge in [-0.25, -0.2) is 19.3 Å². The van der Waals surface area contributed by atoms with E-state index in [0.29, 0.717) is 13.0 Å². The van der Waals surface area contributed by atoms with Gasteiger partial charge in [-0.2, -0.15) is 5.10 Å². The van der Waals surface area contributed by atoms with Crippen molar-refractivity contribution in [2.24, 2.45) is 0 Å². The molecule has 3 heterocycles. The Morgan fingerprint density at radius 1 is 1.40 bits per heavy atom. The Kier molecular flexibility index (Phi) is 3.30. The van der Waals surface area contributed by atoms with E-state index in [-0.39, 0.29) is 5.69 Å². The molecule has 2 N–H and O–H groups in total. The number of aromatic nitrogens is 4. The van der Waals surface area contributed by atoms with Crippen LogP contribution in [0, 0.1) is 0 Å². The molecule has 0 atom stereocenters. The first kappa shape index (κ1) is 12.5. The number of nitrogens with zero attached hydrogens (tertiary/aromatic N) is 4. The van der Waals surface area contributed by atoms with Crippen molar-refractivity contribution >= 4 is 28.8 Å². The van der Waals surface area contributed by atoms with Crippen molar-refractivity contribution in [2.45, 2.75) is 6.42 Å². The number of hydrogen-bond donors (Lipinski definition) is 2. The number of nitrogens with one attached hydrogen (secondary N) is 1. The quantitative estimate of drug-likeness (QED) is 0.740. The summed E-state index contributed by atoms with van der Waals surface area (Å²) in [6, 6.07) is 3.66. The fourth-order valence-electron chi connectivity index (χ4n) is 1.73. The molecule has 0 radical (unpaired) electrons. The molecule has 0 amide bonds. The van der Waals surface area contributed by atoms with Gasteiger partial charge in [-0.1, -0.05) is 0 Å². The van der Waals surface area contributed by atoms with Crippen LogP contribution in [-0.2, 0) is 6.42 Å². The van der Waals surface area contributed by atoms with E-state index in [0.717, 1.165) is 16.5 Å². The maximum Gasteiger partial charge on any atom is 0.355 e.